The van der Waals surface area contributed by atoms with E-state index in [2.05, 4.69) is 26.1 Å². The van der Waals surface area contributed by atoms with Gasteiger partial charge in [-0.2, -0.15) is 0 Å². The summed E-state index contributed by atoms with van der Waals surface area (Å²) in [6.45, 7) is 6.52. The molecule has 3 N–H and O–H groups in total. The van der Waals surface area contributed by atoms with E-state index in [0.29, 0.717) is 19.3 Å². The third-order valence-electron chi connectivity index (χ3n) is 13.2. The monoisotopic (exact) mass is 864 g/mol. The first kappa shape index (κ1) is 59.9. The lowest BCUT2D eigenvalue weighted by Gasteiger charge is -2.24. The maximum absolute atomic E-state index is 13.2. The number of aliphatic hydroxyl groups is 2. The lowest BCUT2D eigenvalue weighted by atomic mass is 10.0. The molecule has 0 heterocycles. The van der Waals surface area contributed by atoms with Gasteiger partial charge in [0.1, 0.15) is 6.10 Å². The van der Waals surface area contributed by atoms with Crippen LogP contribution >= 0.6 is 0 Å². The molecule has 0 aromatic rings. The first-order chi connectivity index (χ1) is 30.0. The molecule has 6 heteroatoms. The SMILES string of the molecule is CCCCCCCCCCCCCCCCCCCC(=O)OC(CCCCCCCCCCCCCCCCC)CC(=O)NC(CO)C(O)CCCCCCCCCCCC. The Bertz CT molecular complexity index is 882. The second kappa shape index (κ2) is 49.9. The van der Waals surface area contributed by atoms with Gasteiger partial charge in [0.2, 0.25) is 5.91 Å². The molecule has 0 fully saturated rings. The Morgan fingerprint density at radius 3 is 1.00 bits per heavy atom. The molecule has 0 aliphatic carbocycles. The van der Waals surface area contributed by atoms with Gasteiger partial charge < -0.3 is 20.3 Å². The van der Waals surface area contributed by atoms with Gasteiger partial charge in [-0.05, 0) is 25.7 Å². The van der Waals surface area contributed by atoms with Crippen LogP contribution in [0.5, 0.6) is 0 Å². The number of amides is 1. The summed E-state index contributed by atoms with van der Waals surface area (Å²) in [5.74, 6) is -0.447. The summed E-state index contributed by atoms with van der Waals surface area (Å²) in [6.07, 6.45) is 54.5. The van der Waals surface area contributed by atoms with Crippen LogP contribution < -0.4 is 5.32 Å². The quantitative estimate of drug-likeness (QED) is 0.0418. The van der Waals surface area contributed by atoms with Crippen LogP contribution in [0, 0.1) is 0 Å². The molecule has 0 aromatic carbocycles. The lowest BCUT2D eigenvalue weighted by Crippen LogP contribution is -2.46. The van der Waals surface area contributed by atoms with Crippen molar-refractivity contribution < 1.29 is 24.5 Å². The zero-order valence-corrected chi connectivity index (χ0v) is 41.6. The average molecular weight is 864 g/mol. The van der Waals surface area contributed by atoms with E-state index in [4.69, 9.17) is 4.74 Å². The van der Waals surface area contributed by atoms with Crippen LogP contribution in [-0.4, -0.2) is 46.9 Å². The minimum atomic E-state index is -0.778. The summed E-state index contributed by atoms with van der Waals surface area (Å²) in [5.41, 5.74) is 0. The third kappa shape index (κ3) is 45.2. The minimum Gasteiger partial charge on any atom is -0.462 e. The van der Waals surface area contributed by atoms with E-state index in [1.807, 2.05) is 0 Å². The molecule has 0 rings (SSSR count). The molecule has 3 unspecified atom stereocenters. The summed E-state index contributed by atoms with van der Waals surface area (Å²) < 4.78 is 5.96. The molecule has 364 valence electrons. The van der Waals surface area contributed by atoms with Crippen molar-refractivity contribution in [2.45, 2.75) is 334 Å². The predicted molar refractivity (Wildman–Crippen MR) is 264 cm³/mol. The van der Waals surface area contributed by atoms with E-state index in [0.717, 1.165) is 38.5 Å². The number of hydrogen-bond acceptors (Lipinski definition) is 5. The Morgan fingerprint density at radius 1 is 0.410 bits per heavy atom. The molecule has 0 aliphatic rings. The number of esters is 1. The molecule has 0 saturated heterocycles. The van der Waals surface area contributed by atoms with Crippen molar-refractivity contribution >= 4 is 11.9 Å². The van der Waals surface area contributed by atoms with Crippen molar-refractivity contribution in [1.29, 1.82) is 0 Å². The van der Waals surface area contributed by atoms with Crippen LogP contribution in [0.3, 0.4) is 0 Å². The topological polar surface area (TPSA) is 95.9 Å². The molecular weight excluding hydrogens is 755 g/mol. The van der Waals surface area contributed by atoms with Crippen molar-refractivity contribution in [3.63, 3.8) is 0 Å². The summed E-state index contributed by atoms with van der Waals surface area (Å²) in [7, 11) is 0. The number of carbonyl (C=O) groups excluding carboxylic acids is 2. The molecule has 0 spiro atoms. The second-order valence-corrected chi connectivity index (χ2v) is 19.4. The van der Waals surface area contributed by atoms with Gasteiger partial charge in [-0.1, -0.05) is 278 Å². The van der Waals surface area contributed by atoms with E-state index in [-0.39, 0.29) is 24.9 Å². The fraction of sp³-hybridized carbons (Fsp3) is 0.964. The van der Waals surface area contributed by atoms with Crippen LogP contribution in [0.25, 0.3) is 0 Å². The molecule has 6 nitrogen and oxygen atoms in total. The predicted octanol–water partition coefficient (Wildman–Crippen LogP) is 16.7. The molecule has 3 atom stereocenters. The van der Waals surface area contributed by atoms with Gasteiger partial charge >= 0.3 is 5.97 Å². The van der Waals surface area contributed by atoms with Gasteiger partial charge in [-0.15, -0.1) is 0 Å². The van der Waals surface area contributed by atoms with E-state index in [9.17, 15) is 19.8 Å². The minimum absolute atomic E-state index is 0.0882. The van der Waals surface area contributed by atoms with E-state index >= 15 is 0 Å². The zero-order chi connectivity index (χ0) is 44.5. The Labute approximate surface area is 381 Å². The summed E-state index contributed by atoms with van der Waals surface area (Å²) in [4.78, 5) is 26.2. The normalized spacial score (nSPS) is 13.1. The molecule has 0 bridgehead atoms. The lowest BCUT2D eigenvalue weighted by molar-refractivity contribution is -0.151. The van der Waals surface area contributed by atoms with Gasteiger partial charge in [0.15, 0.2) is 0 Å². The number of carbonyl (C=O) groups is 2. The fourth-order valence-electron chi connectivity index (χ4n) is 8.96. The van der Waals surface area contributed by atoms with Crippen LogP contribution in [-0.2, 0) is 14.3 Å². The molecule has 0 aliphatic heterocycles. The zero-order valence-electron chi connectivity index (χ0n) is 41.6. The highest BCUT2D eigenvalue weighted by Crippen LogP contribution is 2.19. The molecule has 1 amide bonds. The van der Waals surface area contributed by atoms with Crippen molar-refractivity contribution in [3.05, 3.63) is 0 Å². The molecule has 61 heavy (non-hydrogen) atoms. The van der Waals surface area contributed by atoms with Gasteiger partial charge in [-0.25, -0.2) is 0 Å². The smallest absolute Gasteiger partial charge is 0.306 e. The fourth-order valence-corrected chi connectivity index (χ4v) is 8.96. The highest BCUT2D eigenvalue weighted by molar-refractivity contribution is 5.77. The molecule has 0 saturated carbocycles. The largest absolute Gasteiger partial charge is 0.462 e. The summed E-state index contributed by atoms with van der Waals surface area (Å²) >= 11 is 0. The first-order valence-corrected chi connectivity index (χ1v) is 27.8. The Balaban J connectivity index is 4.48. The number of ether oxygens (including phenoxy) is 1. The van der Waals surface area contributed by atoms with Gasteiger partial charge in [-0.3, -0.25) is 9.59 Å². The average Bonchev–Trinajstić information content (AvgIpc) is 3.25. The summed E-state index contributed by atoms with van der Waals surface area (Å²) in [6, 6.07) is -0.692. The van der Waals surface area contributed by atoms with E-state index < -0.39 is 18.2 Å². The maximum Gasteiger partial charge on any atom is 0.306 e. The van der Waals surface area contributed by atoms with Crippen molar-refractivity contribution in [1.82, 2.24) is 5.32 Å². The van der Waals surface area contributed by atoms with Crippen LogP contribution in [0.2, 0.25) is 0 Å². The van der Waals surface area contributed by atoms with Gasteiger partial charge in [0, 0.05) is 6.42 Å². The highest BCUT2D eigenvalue weighted by Gasteiger charge is 2.24. The van der Waals surface area contributed by atoms with Crippen LogP contribution in [0.15, 0.2) is 0 Å². The van der Waals surface area contributed by atoms with E-state index in [1.165, 1.54) is 231 Å². The number of hydrogen-bond donors (Lipinski definition) is 3. The molecule has 0 radical (unpaired) electrons. The van der Waals surface area contributed by atoms with Crippen molar-refractivity contribution in [3.8, 4) is 0 Å². The third-order valence-corrected chi connectivity index (χ3v) is 13.2. The molecule has 0 aromatic heterocycles. The highest BCUT2D eigenvalue weighted by atomic mass is 16.5. The summed E-state index contributed by atoms with van der Waals surface area (Å²) in [5, 5.41) is 23.8. The Morgan fingerprint density at radius 2 is 0.689 bits per heavy atom. The van der Waals surface area contributed by atoms with Crippen LogP contribution in [0.1, 0.15) is 316 Å². The first-order valence-electron chi connectivity index (χ1n) is 27.8. The Kier molecular flexibility index (Phi) is 48.9. The van der Waals surface area contributed by atoms with Crippen molar-refractivity contribution in [2.24, 2.45) is 0 Å². The number of unbranched alkanes of at least 4 members (excludes halogenated alkanes) is 39. The Hall–Kier alpha value is -1.14. The van der Waals surface area contributed by atoms with Crippen molar-refractivity contribution in [2.75, 3.05) is 6.61 Å². The maximum atomic E-state index is 13.2. The number of nitrogens with one attached hydrogen (secondary N) is 1. The van der Waals surface area contributed by atoms with E-state index in [1.54, 1.807) is 0 Å². The van der Waals surface area contributed by atoms with Gasteiger partial charge in [0.05, 0.1) is 25.2 Å². The second-order valence-electron chi connectivity index (χ2n) is 19.4. The molecular formula is C55H109NO5. The van der Waals surface area contributed by atoms with Crippen LogP contribution in [0.4, 0.5) is 0 Å². The van der Waals surface area contributed by atoms with Gasteiger partial charge in [0.25, 0.3) is 0 Å². The number of aliphatic hydroxyl groups excluding tert-OH is 2. The number of rotatable bonds is 51. The standard InChI is InChI=1S/C55H109NO5/c1-4-7-10-13-16-19-22-24-26-27-29-31-33-36-39-42-45-48-55(60)61-51(46-43-40-37-34-32-30-28-25-23-20-17-14-11-8-5-2)49-54(59)56-52(50-57)53(58)47-44-41-38-35-21-18-15-12-9-6-3/h51-53,57-58H,4-50H2,1-3H3,(H,56,59).